The Hall–Kier alpha value is -3.15. The van der Waals surface area contributed by atoms with Crippen LogP contribution in [0.5, 0.6) is 0 Å². The molecule has 28 heavy (non-hydrogen) atoms. The molecule has 1 aliphatic rings. The van der Waals surface area contributed by atoms with Crippen LogP contribution in [0.1, 0.15) is 52.5 Å². The first-order chi connectivity index (χ1) is 13.6. The van der Waals surface area contributed by atoms with E-state index >= 15 is 0 Å². The Morgan fingerprint density at radius 1 is 1.14 bits per heavy atom. The monoisotopic (exact) mass is 376 g/mol. The number of nitrogens with zero attached hydrogens (tertiary/aromatic N) is 4. The van der Waals surface area contributed by atoms with E-state index in [1.165, 1.54) is 0 Å². The molecule has 1 fully saturated rings. The zero-order valence-corrected chi connectivity index (χ0v) is 16.2. The molecule has 1 saturated heterocycles. The first-order valence-corrected chi connectivity index (χ1v) is 9.70. The summed E-state index contributed by atoms with van der Waals surface area (Å²) >= 11 is 0. The molecule has 144 valence electrons. The second-order valence-corrected chi connectivity index (χ2v) is 7.12. The summed E-state index contributed by atoms with van der Waals surface area (Å²) < 4.78 is 1.96. The van der Waals surface area contributed by atoms with E-state index in [4.69, 9.17) is 4.98 Å². The van der Waals surface area contributed by atoms with Gasteiger partial charge < -0.3 is 14.2 Å². The van der Waals surface area contributed by atoms with E-state index in [0.29, 0.717) is 24.3 Å². The lowest BCUT2D eigenvalue weighted by molar-refractivity contribution is 0.0729. The minimum atomic E-state index is -0.143. The zero-order valence-electron chi connectivity index (χ0n) is 16.2. The van der Waals surface area contributed by atoms with E-state index in [1.807, 2.05) is 71.0 Å². The van der Waals surface area contributed by atoms with Crippen molar-refractivity contribution < 1.29 is 9.59 Å². The fourth-order valence-corrected chi connectivity index (χ4v) is 3.80. The first-order valence-electron chi connectivity index (χ1n) is 9.70. The van der Waals surface area contributed by atoms with Crippen LogP contribution in [0.15, 0.2) is 54.7 Å². The molecular formula is C22H24N4O2. The average Bonchev–Trinajstić information content (AvgIpc) is 3.37. The summed E-state index contributed by atoms with van der Waals surface area (Å²) in [5, 5.41) is 0. The molecule has 4 rings (SSSR count). The summed E-state index contributed by atoms with van der Waals surface area (Å²) in [5.74, 6) is 0.663. The molecule has 6 heteroatoms. The van der Waals surface area contributed by atoms with Gasteiger partial charge >= 0.3 is 0 Å². The lowest BCUT2D eigenvalue weighted by Gasteiger charge is -2.24. The van der Waals surface area contributed by atoms with Gasteiger partial charge in [-0.05, 0) is 44.0 Å². The van der Waals surface area contributed by atoms with Crippen molar-refractivity contribution in [3.05, 3.63) is 71.8 Å². The van der Waals surface area contributed by atoms with Crippen LogP contribution in [0.3, 0.4) is 0 Å². The Kier molecular flexibility index (Phi) is 4.86. The number of rotatable bonds is 4. The number of carbonyl (C=O) groups excluding carboxylic acids is 2. The molecule has 6 nitrogen and oxygen atoms in total. The van der Waals surface area contributed by atoms with Crippen molar-refractivity contribution in [2.24, 2.45) is 0 Å². The van der Waals surface area contributed by atoms with Crippen LogP contribution in [-0.2, 0) is 0 Å². The molecular weight excluding hydrogens is 352 g/mol. The highest BCUT2D eigenvalue weighted by atomic mass is 16.2. The van der Waals surface area contributed by atoms with Gasteiger partial charge in [-0.15, -0.1) is 0 Å². The topological polar surface area (TPSA) is 57.9 Å². The number of benzene rings is 1. The zero-order chi connectivity index (χ0) is 19.7. The maximum atomic E-state index is 13.1. The van der Waals surface area contributed by atoms with E-state index in [2.05, 4.69) is 0 Å². The predicted molar refractivity (Wildman–Crippen MR) is 107 cm³/mol. The molecule has 0 spiro atoms. The van der Waals surface area contributed by atoms with E-state index in [9.17, 15) is 9.59 Å². The molecule has 1 unspecified atom stereocenters. The number of hydrogen-bond donors (Lipinski definition) is 0. The van der Waals surface area contributed by atoms with Crippen LogP contribution < -0.4 is 0 Å². The van der Waals surface area contributed by atoms with Gasteiger partial charge in [0.15, 0.2) is 5.69 Å². The molecule has 3 aromatic rings. The molecule has 0 aliphatic carbocycles. The van der Waals surface area contributed by atoms with Crippen molar-refractivity contribution >= 4 is 17.3 Å². The summed E-state index contributed by atoms with van der Waals surface area (Å²) in [6.45, 7) is 3.24. The quantitative estimate of drug-likeness (QED) is 0.701. The highest BCUT2D eigenvalue weighted by Gasteiger charge is 2.34. The third-order valence-electron chi connectivity index (χ3n) is 5.43. The van der Waals surface area contributed by atoms with Crippen LogP contribution in [-0.4, -0.2) is 51.1 Å². The van der Waals surface area contributed by atoms with E-state index < -0.39 is 0 Å². The normalized spacial score (nSPS) is 16.5. The van der Waals surface area contributed by atoms with Crippen molar-refractivity contribution in [3.63, 3.8) is 0 Å². The number of hydrogen-bond acceptors (Lipinski definition) is 3. The lowest BCUT2D eigenvalue weighted by atomic mass is 10.1. The summed E-state index contributed by atoms with van der Waals surface area (Å²) in [5.41, 5.74) is 1.90. The first kappa shape index (κ1) is 18.2. The fraction of sp³-hybridized carbons (Fsp3) is 0.318. The maximum absolute atomic E-state index is 13.1. The highest BCUT2D eigenvalue weighted by molar-refractivity contribution is 5.99. The molecule has 3 heterocycles. The van der Waals surface area contributed by atoms with Crippen molar-refractivity contribution in [1.29, 1.82) is 0 Å². The Labute approximate surface area is 164 Å². The average molecular weight is 376 g/mol. The van der Waals surface area contributed by atoms with E-state index in [0.717, 1.165) is 24.2 Å². The number of likely N-dealkylation sites (tertiary alicyclic amines) is 1. The molecule has 0 bridgehead atoms. The van der Waals surface area contributed by atoms with Gasteiger partial charge in [0.05, 0.1) is 11.6 Å². The Morgan fingerprint density at radius 2 is 1.89 bits per heavy atom. The number of carbonyl (C=O) groups is 2. The molecule has 0 radical (unpaired) electrons. The molecule has 0 saturated carbocycles. The summed E-state index contributed by atoms with van der Waals surface area (Å²) in [4.78, 5) is 34.2. The summed E-state index contributed by atoms with van der Waals surface area (Å²) in [6, 6.07) is 14.9. The molecule has 1 aliphatic heterocycles. The predicted octanol–water partition coefficient (Wildman–Crippen LogP) is 3.40. The molecule has 1 aromatic carbocycles. The molecule has 2 aromatic heterocycles. The van der Waals surface area contributed by atoms with Gasteiger partial charge in [-0.2, -0.15) is 0 Å². The smallest absolute Gasteiger partial charge is 0.274 e. The Morgan fingerprint density at radius 3 is 2.64 bits per heavy atom. The number of fused-ring (bicyclic) bond motifs is 1. The van der Waals surface area contributed by atoms with Gasteiger partial charge in [0.1, 0.15) is 5.82 Å². The number of amides is 2. The molecule has 1 atom stereocenters. The van der Waals surface area contributed by atoms with Crippen molar-refractivity contribution in [3.8, 4) is 0 Å². The number of aromatic nitrogens is 2. The molecule has 0 N–H and O–H groups in total. The van der Waals surface area contributed by atoms with Gasteiger partial charge in [0.25, 0.3) is 11.8 Å². The largest absolute Gasteiger partial charge is 0.341 e. The maximum Gasteiger partial charge on any atom is 0.274 e. The SMILES string of the molecule is CCN(C)C(=O)c1nc(C2CCCN2C(=O)c2ccccc2)n2ccccc12. The Bertz CT molecular complexity index is 1010. The Balaban J connectivity index is 1.76. The van der Waals surface area contributed by atoms with Gasteiger partial charge in [-0.25, -0.2) is 4.98 Å². The minimum absolute atomic E-state index is 0.00864. The lowest BCUT2D eigenvalue weighted by Crippen LogP contribution is -2.31. The number of imidazole rings is 1. The molecule has 2 amide bonds. The standard InChI is InChI=1S/C22H24N4O2/c1-3-24(2)22(28)19-17-12-7-8-14-25(17)20(23-19)18-13-9-15-26(18)21(27)16-10-5-4-6-11-16/h4-8,10-12,14,18H,3,9,13,15H2,1-2H3. The summed E-state index contributed by atoms with van der Waals surface area (Å²) in [7, 11) is 1.77. The van der Waals surface area contributed by atoms with Crippen LogP contribution >= 0.6 is 0 Å². The second kappa shape index (κ2) is 7.46. The van der Waals surface area contributed by atoms with Gasteiger partial charge in [0.2, 0.25) is 0 Å². The third kappa shape index (κ3) is 3.05. The minimum Gasteiger partial charge on any atom is -0.341 e. The van der Waals surface area contributed by atoms with Crippen molar-refractivity contribution in [1.82, 2.24) is 19.2 Å². The van der Waals surface area contributed by atoms with Crippen molar-refractivity contribution in [2.75, 3.05) is 20.1 Å². The van der Waals surface area contributed by atoms with E-state index in [-0.39, 0.29) is 17.9 Å². The van der Waals surface area contributed by atoms with Gasteiger partial charge in [-0.3, -0.25) is 9.59 Å². The van der Waals surface area contributed by atoms with Crippen LogP contribution in [0.25, 0.3) is 5.52 Å². The second-order valence-electron chi connectivity index (χ2n) is 7.12. The van der Waals surface area contributed by atoms with E-state index in [1.54, 1.807) is 11.9 Å². The number of pyridine rings is 1. The van der Waals surface area contributed by atoms with Crippen LogP contribution in [0.2, 0.25) is 0 Å². The van der Waals surface area contributed by atoms with Gasteiger partial charge in [0, 0.05) is 31.9 Å². The summed E-state index contributed by atoms with van der Waals surface area (Å²) in [6.07, 6.45) is 3.68. The third-order valence-corrected chi connectivity index (χ3v) is 5.43. The van der Waals surface area contributed by atoms with Gasteiger partial charge in [-0.1, -0.05) is 24.3 Å². The van der Waals surface area contributed by atoms with Crippen LogP contribution in [0, 0.1) is 0 Å². The van der Waals surface area contributed by atoms with Crippen molar-refractivity contribution in [2.45, 2.75) is 25.8 Å². The van der Waals surface area contributed by atoms with Crippen LogP contribution in [0.4, 0.5) is 0 Å². The fourth-order valence-electron chi connectivity index (χ4n) is 3.80. The highest BCUT2D eigenvalue weighted by Crippen LogP contribution is 2.34.